The van der Waals surface area contributed by atoms with Crippen molar-refractivity contribution >= 4 is 29.3 Å². The largest absolute Gasteiger partial charge is 0.496 e. The van der Waals surface area contributed by atoms with E-state index >= 15 is 0 Å². The highest BCUT2D eigenvalue weighted by Crippen LogP contribution is 2.27. The Bertz CT molecular complexity index is 913. The summed E-state index contributed by atoms with van der Waals surface area (Å²) in [5.41, 5.74) is 1.36. The smallest absolute Gasteiger partial charge is 0.317 e. The number of fused-ring (bicyclic) bond motifs is 4. The van der Waals surface area contributed by atoms with Crippen LogP contribution in [0.25, 0.3) is 10.9 Å². The molecule has 3 N–H and O–H groups in total. The van der Waals surface area contributed by atoms with E-state index in [1.165, 1.54) is 0 Å². The van der Waals surface area contributed by atoms with Crippen molar-refractivity contribution < 1.29 is 34.1 Å². The van der Waals surface area contributed by atoms with E-state index in [9.17, 15) is 14.7 Å². The number of carboxylic acid groups (broad SMARTS) is 2. The van der Waals surface area contributed by atoms with Crippen LogP contribution in [0.4, 0.5) is 0 Å². The van der Waals surface area contributed by atoms with Gasteiger partial charge in [0.25, 0.3) is 12.4 Å². The maximum absolute atomic E-state index is 13.2. The van der Waals surface area contributed by atoms with Crippen molar-refractivity contribution in [3.05, 3.63) is 30.0 Å². The van der Waals surface area contributed by atoms with Crippen LogP contribution in [0.2, 0.25) is 0 Å². The van der Waals surface area contributed by atoms with Crippen LogP contribution in [-0.4, -0.2) is 95.9 Å². The first-order valence-electron chi connectivity index (χ1n) is 9.53. The van der Waals surface area contributed by atoms with Gasteiger partial charge in [-0.3, -0.25) is 19.3 Å². The molecule has 2 aliphatic rings. The number of carbonyl (C=O) groups excluding carboxylic acids is 1. The quantitative estimate of drug-likeness (QED) is 0.618. The molecule has 0 unspecified atom stereocenters. The first kappa shape index (κ1) is 21.6. The number of aromatic amines is 1. The number of hydrogen-bond donors (Lipinski definition) is 3. The maximum Gasteiger partial charge on any atom is 0.317 e. The van der Waals surface area contributed by atoms with Crippen molar-refractivity contribution in [1.29, 1.82) is 0 Å². The molecule has 0 aliphatic carbocycles. The Morgan fingerprint density at radius 1 is 1.30 bits per heavy atom. The van der Waals surface area contributed by atoms with Gasteiger partial charge in [0.15, 0.2) is 0 Å². The average molecular weight is 419 g/mol. The van der Waals surface area contributed by atoms with E-state index in [1.807, 2.05) is 34.1 Å². The van der Waals surface area contributed by atoms with Crippen LogP contribution < -0.4 is 4.74 Å². The molecule has 0 spiro atoms. The highest BCUT2D eigenvalue weighted by atomic mass is 16.5. The highest BCUT2D eigenvalue weighted by Gasteiger charge is 2.36. The molecule has 2 fully saturated rings. The molecule has 1 aromatic carbocycles. The van der Waals surface area contributed by atoms with Crippen molar-refractivity contribution in [1.82, 2.24) is 14.8 Å². The van der Waals surface area contributed by atoms with Crippen molar-refractivity contribution in [3.63, 3.8) is 0 Å². The fourth-order valence-corrected chi connectivity index (χ4v) is 4.05. The predicted molar refractivity (Wildman–Crippen MR) is 107 cm³/mol. The molecule has 0 saturated carbocycles. The zero-order valence-corrected chi connectivity index (χ0v) is 16.6. The van der Waals surface area contributed by atoms with E-state index in [4.69, 9.17) is 19.4 Å². The molecule has 2 atom stereocenters. The Balaban J connectivity index is 0.000000806. The molecule has 1 aromatic heterocycles. The van der Waals surface area contributed by atoms with Gasteiger partial charge in [-0.15, -0.1) is 0 Å². The van der Waals surface area contributed by atoms with Crippen LogP contribution in [0.3, 0.4) is 0 Å². The Labute approximate surface area is 173 Å². The van der Waals surface area contributed by atoms with E-state index in [0.717, 1.165) is 16.7 Å². The van der Waals surface area contributed by atoms with Gasteiger partial charge < -0.3 is 29.6 Å². The second-order valence-corrected chi connectivity index (χ2v) is 7.30. The summed E-state index contributed by atoms with van der Waals surface area (Å²) in [6.07, 6.45) is 0. The summed E-state index contributed by atoms with van der Waals surface area (Å²) in [5, 5.41) is 16.9. The van der Waals surface area contributed by atoms with Crippen LogP contribution in [0, 0.1) is 5.92 Å². The molecular weight excluding hydrogens is 394 g/mol. The number of carbonyl (C=O) groups is 3. The molecule has 0 radical (unpaired) electrons. The van der Waals surface area contributed by atoms with Crippen molar-refractivity contribution in [3.8, 4) is 5.75 Å². The second-order valence-electron chi connectivity index (χ2n) is 7.30. The fourth-order valence-electron chi connectivity index (χ4n) is 4.05. The predicted octanol–water partition coefficient (Wildman–Crippen LogP) is 0.735. The third-order valence-corrected chi connectivity index (χ3v) is 5.28. The van der Waals surface area contributed by atoms with Gasteiger partial charge in [0.1, 0.15) is 11.4 Å². The van der Waals surface area contributed by atoms with Gasteiger partial charge in [-0.2, -0.15) is 0 Å². The monoisotopic (exact) mass is 419 g/mol. The zero-order valence-electron chi connectivity index (χ0n) is 16.6. The molecule has 3 heterocycles. The summed E-state index contributed by atoms with van der Waals surface area (Å²) in [6, 6.07) is 7.36. The molecule has 10 heteroatoms. The van der Waals surface area contributed by atoms with Crippen molar-refractivity contribution in [2.45, 2.75) is 6.04 Å². The first-order chi connectivity index (χ1) is 14.5. The molecule has 10 nitrogen and oxygen atoms in total. The molecule has 4 rings (SSSR count). The number of nitrogens with one attached hydrogen (secondary N) is 1. The lowest BCUT2D eigenvalue weighted by Crippen LogP contribution is -2.47. The summed E-state index contributed by atoms with van der Waals surface area (Å²) < 4.78 is 11.1. The van der Waals surface area contributed by atoms with Crippen molar-refractivity contribution in [2.24, 2.45) is 5.92 Å². The zero-order chi connectivity index (χ0) is 21.7. The topological polar surface area (TPSA) is 132 Å². The summed E-state index contributed by atoms with van der Waals surface area (Å²) >= 11 is 0. The van der Waals surface area contributed by atoms with Gasteiger partial charge in [0.05, 0.1) is 32.9 Å². The standard InChI is InChI=1S/C19H23N3O5.CH2O2/c1-26-17-4-2-3-15-14(17)5-16(20-15)19(25)22-7-12-6-21(9-18(23)24)13(8-22)11-27-10-12;2-1-3/h2-5,12-13,20H,6-11H2,1H3,(H,23,24);1H,(H,2,3)/t12-,13+;/m1./s1. The average Bonchev–Trinajstić information content (AvgIpc) is 2.96. The Kier molecular flexibility index (Phi) is 6.91. The van der Waals surface area contributed by atoms with Gasteiger partial charge in [-0.1, -0.05) is 6.07 Å². The van der Waals surface area contributed by atoms with Crippen molar-refractivity contribution in [2.75, 3.05) is 46.5 Å². The molecule has 2 aliphatic heterocycles. The summed E-state index contributed by atoms with van der Waals surface area (Å²) in [4.78, 5) is 39.6. The maximum atomic E-state index is 13.2. The van der Waals surface area contributed by atoms with Gasteiger partial charge in [0, 0.05) is 36.5 Å². The lowest BCUT2D eigenvalue weighted by Gasteiger charge is -2.30. The number of aromatic nitrogens is 1. The van der Waals surface area contributed by atoms with Gasteiger partial charge in [-0.25, -0.2) is 0 Å². The van der Waals surface area contributed by atoms with E-state index in [-0.39, 0.29) is 30.9 Å². The Hall–Kier alpha value is -3.11. The van der Waals surface area contributed by atoms with Crippen LogP contribution in [0.15, 0.2) is 24.3 Å². The summed E-state index contributed by atoms with van der Waals surface area (Å²) in [5.74, 6) is -0.123. The lowest BCUT2D eigenvalue weighted by molar-refractivity contribution is -0.139. The summed E-state index contributed by atoms with van der Waals surface area (Å²) in [6.45, 7) is 2.33. The molecule has 2 aromatic rings. The third kappa shape index (κ3) is 4.71. The number of benzene rings is 1. The number of methoxy groups -OCH3 is 1. The minimum absolute atomic E-state index is 0.0316. The number of hydrogen-bond acceptors (Lipinski definition) is 6. The highest BCUT2D eigenvalue weighted by molar-refractivity contribution is 5.99. The van der Waals surface area contributed by atoms with Crippen LogP contribution in [0.5, 0.6) is 5.75 Å². The lowest BCUT2D eigenvalue weighted by atomic mass is 10.1. The minimum Gasteiger partial charge on any atom is -0.496 e. The van der Waals surface area contributed by atoms with E-state index in [2.05, 4.69) is 4.98 Å². The number of amides is 1. The van der Waals surface area contributed by atoms with Crippen LogP contribution >= 0.6 is 0 Å². The van der Waals surface area contributed by atoms with Gasteiger partial charge in [0.2, 0.25) is 0 Å². The Morgan fingerprint density at radius 3 is 2.77 bits per heavy atom. The molecule has 1 amide bonds. The van der Waals surface area contributed by atoms with E-state index in [0.29, 0.717) is 38.5 Å². The number of carboxylic acids is 1. The van der Waals surface area contributed by atoms with Gasteiger partial charge >= 0.3 is 5.97 Å². The third-order valence-electron chi connectivity index (χ3n) is 5.28. The minimum atomic E-state index is -0.858. The fraction of sp³-hybridized carbons (Fsp3) is 0.450. The number of H-pyrrole nitrogens is 1. The molecular formula is C20H25N3O7. The molecule has 2 saturated heterocycles. The van der Waals surface area contributed by atoms with E-state index in [1.54, 1.807) is 7.11 Å². The number of aliphatic carboxylic acids is 1. The first-order valence-corrected chi connectivity index (χ1v) is 9.53. The number of ether oxygens (including phenoxy) is 2. The Morgan fingerprint density at radius 2 is 2.07 bits per heavy atom. The summed E-state index contributed by atoms with van der Waals surface area (Å²) in [7, 11) is 1.61. The van der Waals surface area contributed by atoms with Gasteiger partial charge in [-0.05, 0) is 18.2 Å². The normalized spacial score (nSPS) is 21.3. The number of rotatable bonds is 4. The molecule has 162 valence electrons. The van der Waals surface area contributed by atoms with Crippen LogP contribution in [-0.2, 0) is 14.3 Å². The second kappa shape index (κ2) is 9.59. The molecule has 30 heavy (non-hydrogen) atoms. The van der Waals surface area contributed by atoms with Crippen LogP contribution in [0.1, 0.15) is 10.5 Å². The SMILES string of the molecule is COc1cccc2[nH]c(C(=O)N3C[C@@H]4COC[C@H](C3)N(CC(=O)O)C4)cc12.O=CO. The molecule has 2 bridgehead atoms. The number of nitrogens with zero attached hydrogens (tertiary/aromatic N) is 2. The van der Waals surface area contributed by atoms with E-state index < -0.39 is 5.97 Å².